The van der Waals surface area contributed by atoms with E-state index in [-0.39, 0.29) is 18.1 Å². The minimum Gasteiger partial charge on any atom is -0.490 e. The van der Waals surface area contributed by atoms with Gasteiger partial charge in [0.25, 0.3) is 5.91 Å². The number of amides is 1. The zero-order valence-electron chi connectivity index (χ0n) is 16.1. The number of quaternary nitrogens is 1. The summed E-state index contributed by atoms with van der Waals surface area (Å²) in [6.07, 6.45) is 0.843. The van der Waals surface area contributed by atoms with Crippen LogP contribution in [-0.4, -0.2) is 32.2 Å². The molecule has 0 bridgehead atoms. The third-order valence-corrected chi connectivity index (χ3v) is 4.90. The summed E-state index contributed by atoms with van der Waals surface area (Å²) in [6.45, 7) is 6.79. The minimum absolute atomic E-state index is 0.106. The van der Waals surface area contributed by atoms with Crippen molar-refractivity contribution in [3.63, 3.8) is 0 Å². The summed E-state index contributed by atoms with van der Waals surface area (Å²) in [5.74, 6) is 0.757. The fraction of sp³-hybridized carbons (Fsp3) is 0.381. The van der Waals surface area contributed by atoms with E-state index < -0.39 is 5.82 Å². The number of halogens is 2. The average Bonchev–Trinajstić information content (AvgIpc) is 2.65. The second-order valence-corrected chi connectivity index (χ2v) is 7.15. The Hall–Kier alpha value is -2.31. The standard InChI is InChI=1S/C21H24ClFN2O3/c1-3-27-19-9-14-7-8-25(12-15(14)10-20(19)28-4-2)13-21(26)24-18-11-16(22)5-6-17(18)23/h5-6,9-11H,3-4,7-8,12-13H2,1-2H3,(H,24,26)/p+1. The quantitative estimate of drug-likeness (QED) is 0.742. The van der Waals surface area contributed by atoms with Crippen LogP contribution in [0.4, 0.5) is 10.1 Å². The molecule has 1 atom stereocenters. The second-order valence-electron chi connectivity index (χ2n) is 6.71. The number of benzene rings is 2. The number of fused-ring (bicyclic) bond motifs is 1. The molecule has 5 nitrogen and oxygen atoms in total. The molecule has 0 aliphatic carbocycles. The van der Waals surface area contributed by atoms with Gasteiger partial charge < -0.3 is 19.7 Å². The van der Waals surface area contributed by atoms with Crippen LogP contribution < -0.4 is 19.7 Å². The van der Waals surface area contributed by atoms with Crippen LogP contribution in [0.2, 0.25) is 5.02 Å². The molecular formula is C21H25ClFN2O3+. The van der Waals surface area contributed by atoms with Gasteiger partial charge in [-0.25, -0.2) is 4.39 Å². The zero-order valence-corrected chi connectivity index (χ0v) is 16.9. The van der Waals surface area contributed by atoms with Crippen LogP contribution in [-0.2, 0) is 17.8 Å². The van der Waals surface area contributed by atoms with Crippen molar-refractivity contribution in [2.75, 3.05) is 31.6 Å². The van der Waals surface area contributed by atoms with Crippen molar-refractivity contribution >= 4 is 23.2 Å². The predicted molar refractivity (Wildman–Crippen MR) is 107 cm³/mol. The lowest BCUT2D eigenvalue weighted by molar-refractivity contribution is -0.907. The van der Waals surface area contributed by atoms with Gasteiger partial charge in [-0.3, -0.25) is 4.79 Å². The van der Waals surface area contributed by atoms with Crippen molar-refractivity contribution < 1.29 is 23.6 Å². The van der Waals surface area contributed by atoms with E-state index in [1.165, 1.54) is 23.8 Å². The molecule has 1 amide bonds. The van der Waals surface area contributed by atoms with E-state index in [0.717, 1.165) is 34.9 Å². The highest BCUT2D eigenvalue weighted by Crippen LogP contribution is 2.32. The molecule has 3 rings (SSSR count). The highest BCUT2D eigenvalue weighted by molar-refractivity contribution is 6.30. The Morgan fingerprint density at radius 2 is 1.82 bits per heavy atom. The van der Waals surface area contributed by atoms with Gasteiger partial charge in [0.05, 0.1) is 25.4 Å². The lowest BCUT2D eigenvalue weighted by Gasteiger charge is -2.26. The third kappa shape index (κ3) is 4.94. The van der Waals surface area contributed by atoms with E-state index in [1.54, 1.807) is 0 Å². The molecule has 150 valence electrons. The number of carbonyl (C=O) groups excluding carboxylic acids is 1. The lowest BCUT2D eigenvalue weighted by atomic mass is 9.98. The molecule has 7 heteroatoms. The summed E-state index contributed by atoms with van der Waals surface area (Å²) < 4.78 is 25.2. The number of carbonyl (C=O) groups is 1. The van der Waals surface area contributed by atoms with Crippen molar-refractivity contribution in [3.8, 4) is 11.5 Å². The minimum atomic E-state index is -0.499. The summed E-state index contributed by atoms with van der Waals surface area (Å²) in [5.41, 5.74) is 2.47. The van der Waals surface area contributed by atoms with Gasteiger partial charge in [-0.1, -0.05) is 11.6 Å². The summed E-state index contributed by atoms with van der Waals surface area (Å²) >= 11 is 5.88. The maximum Gasteiger partial charge on any atom is 0.279 e. The van der Waals surface area contributed by atoms with Crippen LogP contribution in [0.1, 0.15) is 25.0 Å². The second kappa shape index (κ2) is 9.26. The average molecular weight is 408 g/mol. The van der Waals surface area contributed by atoms with Gasteiger partial charge in [0.1, 0.15) is 12.4 Å². The Balaban J connectivity index is 1.68. The number of anilines is 1. The highest BCUT2D eigenvalue weighted by Gasteiger charge is 2.24. The number of ether oxygens (including phenoxy) is 2. The Kier molecular flexibility index (Phi) is 6.75. The van der Waals surface area contributed by atoms with Crippen LogP contribution >= 0.6 is 11.6 Å². The van der Waals surface area contributed by atoms with E-state index in [4.69, 9.17) is 21.1 Å². The first kappa shape index (κ1) is 20.4. The van der Waals surface area contributed by atoms with Gasteiger partial charge in [0, 0.05) is 17.0 Å². The first-order valence-corrected chi connectivity index (χ1v) is 9.87. The molecule has 1 aliphatic rings. The van der Waals surface area contributed by atoms with Gasteiger partial charge in [-0.2, -0.15) is 0 Å². The van der Waals surface area contributed by atoms with Crippen LogP contribution in [0.5, 0.6) is 11.5 Å². The first-order valence-electron chi connectivity index (χ1n) is 9.50. The van der Waals surface area contributed by atoms with Crippen LogP contribution in [0.15, 0.2) is 30.3 Å². The number of hydrogen-bond donors (Lipinski definition) is 2. The lowest BCUT2D eigenvalue weighted by Crippen LogP contribution is -3.12. The van der Waals surface area contributed by atoms with E-state index in [2.05, 4.69) is 5.32 Å². The highest BCUT2D eigenvalue weighted by atomic mass is 35.5. The monoisotopic (exact) mass is 407 g/mol. The normalized spacial score (nSPS) is 15.6. The summed E-state index contributed by atoms with van der Waals surface area (Å²) in [5, 5.41) is 3.00. The van der Waals surface area contributed by atoms with Gasteiger partial charge in [-0.05, 0) is 49.7 Å². The molecular weight excluding hydrogens is 383 g/mol. The van der Waals surface area contributed by atoms with Gasteiger partial charge in [-0.15, -0.1) is 0 Å². The maximum absolute atomic E-state index is 13.8. The molecule has 1 heterocycles. The molecule has 0 radical (unpaired) electrons. The summed E-state index contributed by atoms with van der Waals surface area (Å²) in [6, 6.07) is 8.16. The fourth-order valence-electron chi connectivity index (χ4n) is 3.41. The van der Waals surface area contributed by atoms with Crippen LogP contribution in [0, 0.1) is 5.82 Å². The third-order valence-electron chi connectivity index (χ3n) is 4.67. The summed E-state index contributed by atoms with van der Waals surface area (Å²) in [4.78, 5) is 13.5. The molecule has 0 saturated heterocycles. The Morgan fingerprint density at radius 1 is 1.14 bits per heavy atom. The maximum atomic E-state index is 13.8. The van der Waals surface area contributed by atoms with Crippen molar-refractivity contribution in [2.24, 2.45) is 0 Å². The largest absolute Gasteiger partial charge is 0.490 e. The molecule has 1 aliphatic heterocycles. The van der Waals surface area contributed by atoms with Crippen molar-refractivity contribution in [1.29, 1.82) is 0 Å². The van der Waals surface area contributed by atoms with E-state index in [0.29, 0.717) is 24.8 Å². The van der Waals surface area contributed by atoms with Gasteiger partial charge >= 0.3 is 0 Å². The van der Waals surface area contributed by atoms with E-state index >= 15 is 0 Å². The van der Waals surface area contributed by atoms with E-state index in [1.807, 2.05) is 26.0 Å². The molecule has 2 aromatic rings. The molecule has 0 fully saturated rings. The van der Waals surface area contributed by atoms with Crippen molar-refractivity contribution in [1.82, 2.24) is 0 Å². The van der Waals surface area contributed by atoms with Crippen LogP contribution in [0.3, 0.4) is 0 Å². The Bertz CT molecular complexity index is 860. The number of rotatable bonds is 7. The zero-order chi connectivity index (χ0) is 20.1. The number of nitrogens with one attached hydrogen (secondary N) is 2. The molecule has 0 aromatic heterocycles. The molecule has 0 saturated carbocycles. The van der Waals surface area contributed by atoms with Gasteiger partial charge in [0.2, 0.25) is 0 Å². The van der Waals surface area contributed by atoms with Gasteiger partial charge in [0.15, 0.2) is 18.0 Å². The molecule has 2 aromatic carbocycles. The Morgan fingerprint density at radius 3 is 2.50 bits per heavy atom. The molecule has 28 heavy (non-hydrogen) atoms. The van der Waals surface area contributed by atoms with E-state index in [9.17, 15) is 9.18 Å². The van der Waals surface area contributed by atoms with Crippen molar-refractivity contribution in [3.05, 3.63) is 52.3 Å². The number of hydrogen-bond acceptors (Lipinski definition) is 3. The first-order chi connectivity index (χ1) is 13.5. The SMILES string of the molecule is CCOc1cc2c(cc1OCC)C[NH+](CC(=O)Nc1cc(Cl)ccc1F)CC2. The predicted octanol–water partition coefficient (Wildman–Crippen LogP) is 2.86. The van der Waals surface area contributed by atoms with Crippen LogP contribution in [0.25, 0.3) is 0 Å². The molecule has 2 N–H and O–H groups in total. The summed E-state index contributed by atoms with van der Waals surface area (Å²) in [7, 11) is 0. The smallest absolute Gasteiger partial charge is 0.279 e. The molecule has 0 spiro atoms. The molecule has 1 unspecified atom stereocenters. The van der Waals surface area contributed by atoms with Crippen molar-refractivity contribution in [2.45, 2.75) is 26.8 Å². The Labute approximate surface area is 169 Å². The topological polar surface area (TPSA) is 52.0 Å². The fourth-order valence-corrected chi connectivity index (χ4v) is 3.58.